The fourth-order valence-electron chi connectivity index (χ4n) is 12.4. The number of aliphatic hydroxyl groups is 3. The second-order valence-corrected chi connectivity index (χ2v) is 19.0. The highest BCUT2D eigenvalue weighted by molar-refractivity contribution is 5.89. The summed E-state index contributed by atoms with van der Waals surface area (Å²) in [7, 11) is 0. The number of esters is 1. The fraction of sp³-hybridized carbons (Fsp3) is 0.907. The van der Waals surface area contributed by atoms with E-state index in [1.807, 2.05) is 13.0 Å². The van der Waals surface area contributed by atoms with E-state index < -0.39 is 48.0 Å². The van der Waals surface area contributed by atoms with Gasteiger partial charge in [0.1, 0.15) is 17.5 Å². The Morgan fingerprint density at radius 1 is 0.982 bits per heavy atom. The largest absolute Gasteiger partial charge is 0.456 e. The molecule has 0 aromatic heterocycles. The van der Waals surface area contributed by atoms with E-state index in [9.17, 15) is 24.9 Å². The van der Waals surface area contributed by atoms with Crippen molar-refractivity contribution in [3.63, 3.8) is 0 Å². The van der Waals surface area contributed by atoms with Gasteiger partial charge in [-0.05, 0) is 134 Å². The SMILES string of the molecule is CC=C(C(=O)O[C@H]1CC2C(O)C3C(=O)CC(CO)OC3C(C(CC3CCCC(O)C3)C3CCNC(N)C3)C2O[C@@]1(C)CCC1CCC(N)NC1)C1CCCC1. The second-order valence-electron chi connectivity index (χ2n) is 19.0. The van der Waals surface area contributed by atoms with Gasteiger partial charge >= 0.3 is 5.97 Å². The lowest BCUT2D eigenvalue weighted by Gasteiger charge is -2.60. The molecule has 0 radical (unpaired) electrons. The molecule has 0 aromatic carbocycles. The van der Waals surface area contributed by atoms with Gasteiger partial charge in [0.2, 0.25) is 0 Å². The number of ketones is 1. The van der Waals surface area contributed by atoms with Crippen LogP contribution >= 0.6 is 0 Å². The maximum atomic E-state index is 14.1. The Morgan fingerprint density at radius 2 is 1.78 bits per heavy atom. The zero-order valence-corrected chi connectivity index (χ0v) is 33.5. The minimum absolute atomic E-state index is 0.00534. The minimum Gasteiger partial charge on any atom is -0.456 e. The van der Waals surface area contributed by atoms with Crippen LogP contribution in [0.1, 0.15) is 123 Å². The van der Waals surface area contributed by atoms with Crippen LogP contribution in [-0.4, -0.2) is 101 Å². The maximum Gasteiger partial charge on any atom is 0.334 e. The Balaban J connectivity index is 1.26. The molecule has 0 spiro atoms. The molecule has 4 saturated heterocycles. The van der Waals surface area contributed by atoms with E-state index in [0.717, 1.165) is 109 Å². The first-order chi connectivity index (χ1) is 26.5. The number of piperidine rings is 2. The third-order valence-electron chi connectivity index (χ3n) is 15.4. The lowest BCUT2D eigenvalue weighted by Crippen LogP contribution is -2.69. The van der Waals surface area contributed by atoms with Crippen molar-refractivity contribution in [1.82, 2.24) is 10.6 Å². The van der Waals surface area contributed by atoms with Crippen LogP contribution < -0.4 is 22.1 Å². The van der Waals surface area contributed by atoms with Crippen LogP contribution in [0.2, 0.25) is 0 Å². The number of ether oxygens (including phenoxy) is 3. The van der Waals surface area contributed by atoms with E-state index >= 15 is 0 Å². The third kappa shape index (κ3) is 9.23. The molecule has 9 N–H and O–H groups in total. The van der Waals surface area contributed by atoms with Crippen molar-refractivity contribution in [3.8, 4) is 0 Å². The highest BCUT2D eigenvalue weighted by atomic mass is 16.6. The number of carbonyl (C=O) groups excluding carboxylic acids is 2. The predicted molar refractivity (Wildman–Crippen MR) is 208 cm³/mol. The summed E-state index contributed by atoms with van der Waals surface area (Å²) in [6.45, 7) is 5.36. The Hall–Kier alpha value is -1.48. The van der Waals surface area contributed by atoms with Crippen LogP contribution in [0.3, 0.4) is 0 Å². The van der Waals surface area contributed by atoms with Crippen LogP contribution in [-0.2, 0) is 23.8 Å². The first-order valence-electron chi connectivity index (χ1n) is 22.2. The third-order valence-corrected chi connectivity index (χ3v) is 15.4. The molecule has 0 amide bonds. The molecule has 7 aliphatic rings. The summed E-state index contributed by atoms with van der Waals surface area (Å²) in [5.41, 5.74) is 12.7. The van der Waals surface area contributed by atoms with Gasteiger partial charge in [0.05, 0.1) is 55.4 Å². The van der Waals surface area contributed by atoms with Crippen LogP contribution in [0.5, 0.6) is 0 Å². The van der Waals surface area contributed by atoms with Gasteiger partial charge in [0.15, 0.2) is 0 Å². The summed E-state index contributed by atoms with van der Waals surface area (Å²) >= 11 is 0. The Morgan fingerprint density at radius 3 is 2.47 bits per heavy atom. The van der Waals surface area contributed by atoms with E-state index in [4.69, 9.17) is 25.7 Å². The normalized spacial score (nSPS) is 45.1. The Bertz CT molecular complexity index is 1340. The molecule has 12 heteroatoms. The number of carbonyl (C=O) groups is 2. The monoisotopic (exact) mass is 773 g/mol. The standard InChI is InChI=1S/C43H72N4O8/c1-3-30(26-8-4-5-9-26)42(52)54-34-21-32-39(51)38-33(50)20-29(23-48)53-41(38)37(40(32)55-43(34,2)15-13-24-11-12-35(44)47-22-24)31(27-14-16-46-36(45)19-27)18-25-7-6-10-28(49)17-25/h3,24-29,31-32,34-41,46-49,51H,4-23,44-45H2,1-2H3/t24?,25?,27?,28?,29?,31?,32?,34-,35?,36?,37?,38?,39?,40?,41?,43-/m0/s1. The average molecular weight is 773 g/mol. The van der Waals surface area contributed by atoms with Gasteiger partial charge in [-0.2, -0.15) is 0 Å². The molecule has 7 rings (SSSR count). The highest BCUT2D eigenvalue weighted by Crippen LogP contribution is 2.55. The van der Waals surface area contributed by atoms with Gasteiger partial charge in [0.25, 0.3) is 0 Å². The average Bonchev–Trinajstić information content (AvgIpc) is 3.69. The number of fused-ring (bicyclic) bond motifs is 2. The van der Waals surface area contributed by atoms with E-state index in [2.05, 4.69) is 17.6 Å². The summed E-state index contributed by atoms with van der Waals surface area (Å²) in [6.07, 6.45) is 12.2. The van der Waals surface area contributed by atoms with Crippen molar-refractivity contribution >= 4 is 11.8 Å². The van der Waals surface area contributed by atoms with Crippen molar-refractivity contribution in [2.24, 2.45) is 58.8 Å². The summed E-state index contributed by atoms with van der Waals surface area (Å²) in [6, 6.07) is 0. The van der Waals surface area contributed by atoms with Gasteiger partial charge in [-0.15, -0.1) is 0 Å². The number of allylic oxidation sites excluding steroid dienone is 1. The summed E-state index contributed by atoms with van der Waals surface area (Å²) in [4.78, 5) is 28.3. The van der Waals surface area contributed by atoms with Crippen molar-refractivity contribution in [2.75, 3.05) is 19.7 Å². The number of hydrogen-bond donors (Lipinski definition) is 7. The van der Waals surface area contributed by atoms with Crippen molar-refractivity contribution in [3.05, 3.63) is 11.6 Å². The van der Waals surface area contributed by atoms with Gasteiger partial charge in [-0.1, -0.05) is 31.8 Å². The van der Waals surface area contributed by atoms with E-state index in [-0.39, 0.29) is 66.9 Å². The molecule has 12 nitrogen and oxygen atoms in total. The van der Waals surface area contributed by atoms with Crippen LogP contribution in [0, 0.1) is 47.3 Å². The molecule has 14 unspecified atom stereocenters. The van der Waals surface area contributed by atoms with Crippen LogP contribution in [0.25, 0.3) is 0 Å². The van der Waals surface area contributed by atoms with Gasteiger partial charge in [-0.25, -0.2) is 4.79 Å². The molecular formula is C43H72N4O8. The van der Waals surface area contributed by atoms with E-state index in [1.54, 1.807) is 0 Å². The Labute approximate surface area is 328 Å². The highest BCUT2D eigenvalue weighted by Gasteiger charge is 2.63. The van der Waals surface area contributed by atoms with Gasteiger partial charge < -0.3 is 51.6 Å². The Kier molecular flexibility index (Phi) is 13.8. The van der Waals surface area contributed by atoms with Gasteiger partial charge in [0, 0.05) is 23.8 Å². The molecule has 0 bridgehead atoms. The molecule has 7 fully saturated rings. The molecule has 4 heterocycles. The topological polar surface area (TPSA) is 199 Å². The molecule has 312 valence electrons. The maximum absolute atomic E-state index is 14.1. The predicted octanol–water partition coefficient (Wildman–Crippen LogP) is 3.43. The number of nitrogens with one attached hydrogen (secondary N) is 2. The molecule has 0 aromatic rings. The van der Waals surface area contributed by atoms with Crippen molar-refractivity contribution in [2.45, 2.75) is 178 Å². The quantitative estimate of drug-likeness (QED) is 0.120. The lowest BCUT2D eigenvalue weighted by atomic mass is 9.56. The van der Waals surface area contributed by atoms with Crippen LogP contribution in [0.4, 0.5) is 0 Å². The smallest absolute Gasteiger partial charge is 0.334 e. The first-order valence-corrected chi connectivity index (χ1v) is 22.2. The van der Waals surface area contributed by atoms with E-state index in [0.29, 0.717) is 24.7 Å². The first kappa shape index (κ1) is 41.7. The number of Topliss-reactive ketones (excluding diaryl/α,β-unsaturated/α-hetero) is 1. The summed E-state index contributed by atoms with van der Waals surface area (Å²) in [5, 5.41) is 40.4. The number of hydrogen-bond acceptors (Lipinski definition) is 12. The van der Waals surface area contributed by atoms with E-state index in [1.165, 1.54) is 0 Å². The molecule has 55 heavy (non-hydrogen) atoms. The minimum atomic E-state index is -1.04. The molecular weight excluding hydrogens is 700 g/mol. The zero-order valence-electron chi connectivity index (χ0n) is 33.5. The zero-order chi connectivity index (χ0) is 38.9. The lowest BCUT2D eigenvalue weighted by molar-refractivity contribution is -0.293. The molecule has 4 aliphatic heterocycles. The number of rotatable bonds is 11. The van der Waals surface area contributed by atoms with Crippen molar-refractivity contribution < 1.29 is 39.1 Å². The number of nitrogens with two attached hydrogens (primary N) is 2. The van der Waals surface area contributed by atoms with Gasteiger partial charge in [-0.3, -0.25) is 4.79 Å². The molecule has 3 aliphatic carbocycles. The summed E-state index contributed by atoms with van der Waals surface area (Å²) < 4.78 is 20.9. The summed E-state index contributed by atoms with van der Waals surface area (Å²) in [5.74, 6) is -0.697. The molecule has 3 saturated carbocycles. The molecule has 16 atom stereocenters. The second kappa shape index (κ2) is 18.2. The number of aliphatic hydroxyl groups excluding tert-OH is 3. The van der Waals surface area contributed by atoms with Crippen LogP contribution in [0.15, 0.2) is 11.6 Å². The van der Waals surface area contributed by atoms with Crippen molar-refractivity contribution in [1.29, 1.82) is 0 Å². The fourth-order valence-corrected chi connectivity index (χ4v) is 12.4.